The van der Waals surface area contributed by atoms with Gasteiger partial charge >= 0.3 is 0 Å². The van der Waals surface area contributed by atoms with E-state index >= 15 is 0 Å². The summed E-state index contributed by atoms with van der Waals surface area (Å²) in [4.78, 5) is 24.1. The lowest BCUT2D eigenvalue weighted by Gasteiger charge is -2.33. The van der Waals surface area contributed by atoms with Crippen molar-refractivity contribution < 1.29 is 6.22 Å². The minimum absolute atomic E-state index is 0. The molecule has 0 bridgehead atoms. The SMILES string of the molecule is CC.Cc1ccc(CNC(=O)C2CCCN(c3ncnc4nn(-c5ccc(C)cc5)cc34)C2)cc1.[HH]. The predicted molar refractivity (Wildman–Crippen MR) is 143 cm³/mol. The highest BCUT2D eigenvalue weighted by Crippen LogP contribution is 2.28. The smallest absolute Gasteiger partial charge is 0.225 e. The molecular weight excluding hydrogens is 436 g/mol. The Balaban J connectivity index is 0.00000117. The summed E-state index contributed by atoms with van der Waals surface area (Å²) in [6.07, 6.45) is 5.37. The van der Waals surface area contributed by atoms with E-state index in [1.54, 1.807) is 6.33 Å². The molecule has 0 saturated carbocycles. The molecule has 184 valence electrons. The molecule has 1 amide bonds. The van der Waals surface area contributed by atoms with Crippen LogP contribution in [0.5, 0.6) is 0 Å². The number of nitrogens with one attached hydrogen (secondary N) is 1. The number of piperidine rings is 1. The van der Waals surface area contributed by atoms with Crippen LogP contribution in [0.1, 0.15) is 44.8 Å². The van der Waals surface area contributed by atoms with Crippen LogP contribution in [0.3, 0.4) is 0 Å². The first-order chi connectivity index (χ1) is 17.1. The minimum Gasteiger partial charge on any atom is -0.355 e. The monoisotopic (exact) mass is 472 g/mol. The fourth-order valence-electron chi connectivity index (χ4n) is 4.33. The summed E-state index contributed by atoms with van der Waals surface area (Å²) >= 11 is 0. The van der Waals surface area contributed by atoms with Crippen LogP contribution in [0.4, 0.5) is 5.82 Å². The fraction of sp³-hybridized carbons (Fsp3) is 0.357. The Labute approximate surface area is 208 Å². The van der Waals surface area contributed by atoms with Crippen LogP contribution in [0.2, 0.25) is 0 Å². The van der Waals surface area contributed by atoms with Gasteiger partial charge in [0.1, 0.15) is 12.1 Å². The van der Waals surface area contributed by atoms with Gasteiger partial charge in [-0.1, -0.05) is 61.4 Å². The molecule has 1 fully saturated rings. The zero-order valence-corrected chi connectivity index (χ0v) is 21.0. The number of amides is 1. The lowest BCUT2D eigenvalue weighted by Crippen LogP contribution is -2.43. The highest BCUT2D eigenvalue weighted by molar-refractivity contribution is 5.87. The Hall–Kier alpha value is -3.74. The van der Waals surface area contributed by atoms with E-state index in [-0.39, 0.29) is 13.3 Å². The zero-order valence-electron chi connectivity index (χ0n) is 21.0. The van der Waals surface area contributed by atoms with E-state index in [9.17, 15) is 4.79 Å². The first-order valence-corrected chi connectivity index (χ1v) is 12.4. The molecule has 2 aromatic carbocycles. The van der Waals surface area contributed by atoms with E-state index in [1.807, 2.05) is 36.9 Å². The maximum atomic E-state index is 12.9. The molecule has 7 nitrogen and oxygen atoms in total. The topological polar surface area (TPSA) is 75.9 Å². The Morgan fingerprint density at radius 1 is 1.03 bits per heavy atom. The van der Waals surface area contributed by atoms with Gasteiger partial charge in [0.2, 0.25) is 5.91 Å². The average Bonchev–Trinajstić information content (AvgIpc) is 3.34. The molecule has 35 heavy (non-hydrogen) atoms. The van der Waals surface area contributed by atoms with Crippen LogP contribution in [0.15, 0.2) is 61.1 Å². The summed E-state index contributed by atoms with van der Waals surface area (Å²) in [5, 5.41) is 8.67. The van der Waals surface area contributed by atoms with Crippen LogP contribution in [0.25, 0.3) is 16.7 Å². The Bertz CT molecular complexity index is 1270. The number of benzene rings is 2. The second-order valence-electron chi connectivity index (χ2n) is 8.83. The van der Waals surface area contributed by atoms with Crippen molar-refractivity contribution in [3.05, 3.63) is 77.7 Å². The van der Waals surface area contributed by atoms with Crippen LogP contribution in [-0.4, -0.2) is 38.7 Å². The van der Waals surface area contributed by atoms with Gasteiger partial charge < -0.3 is 10.2 Å². The molecule has 1 N–H and O–H groups in total. The molecule has 7 heteroatoms. The van der Waals surface area contributed by atoms with Crippen LogP contribution in [-0.2, 0) is 11.3 Å². The molecule has 0 aliphatic carbocycles. The molecule has 2 aromatic heterocycles. The molecule has 1 aliphatic heterocycles. The van der Waals surface area contributed by atoms with E-state index < -0.39 is 0 Å². The number of carbonyl (C=O) groups excluding carboxylic acids is 1. The summed E-state index contributed by atoms with van der Waals surface area (Å²) in [6.45, 7) is 10.2. The summed E-state index contributed by atoms with van der Waals surface area (Å²) in [6, 6.07) is 16.5. The first-order valence-electron chi connectivity index (χ1n) is 12.4. The number of hydrogen-bond donors (Lipinski definition) is 1. The predicted octanol–water partition coefficient (Wildman–Crippen LogP) is 5.24. The van der Waals surface area contributed by atoms with E-state index in [0.717, 1.165) is 41.8 Å². The van der Waals surface area contributed by atoms with Gasteiger partial charge in [0.05, 0.1) is 17.0 Å². The van der Waals surface area contributed by atoms with Gasteiger partial charge in [-0.3, -0.25) is 4.79 Å². The Morgan fingerprint density at radius 2 is 1.71 bits per heavy atom. The molecule has 4 aromatic rings. The largest absolute Gasteiger partial charge is 0.355 e. The van der Waals surface area contributed by atoms with Crippen molar-refractivity contribution in [1.82, 2.24) is 25.1 Å². The van der Waals surface area contributed by atoms with Crippen LogP contribution >= 0.6 is 0 Å². The summed E-state index contributed by atoms with van der Waals surface area (Å²) in [5.41, 5.74) is 5.18. The molecule has 0 spiro atoms. The van der Waals surface area contributed by atoms with Crippen molar-refractivity contribution in [2.75, 3.05) is 18.0 Å². The summed E-state index contributed by atoms with van der Waals surface area (Å²) in [7, 11) is 0. The second kappa shape index (κ2) is 11.1. The molecule has 1 aliphatic rings. The third kappa shape index (κ3) is 5.67. The lowest BCUT2D eigenvalue weighted by molar-refractivity contribution is -0.125. The molecule has 1 atom stereocenters. The van der Waals surface area contributed by atoms with Gasteiger partial charge in [0, 0.05) is 27.3 Å². The van der Waals surface area contributed by atoms with Crippen LogP contribution in [0, 0.1) is 19.8 Å². The van der Waals surface area contributed by atoms with Crippen molar-refractivity contribution in [2.45, 2.75) is 47.1 Å². The molecule has 3 heterocycles. The van der Waals surface area contributed by atoms with Crippen LogP contribution < -0.4 is 10.2 Å². The van der Waals surface area contributed by atoms with E-state index in [4.69, 9.17) is 0 Å². The number of aryl methyl sites for hydroxylation is 2. The standard InChI is InChI=1S/C26H28N6O.C2H6.H2/c1-18-5-9-20(10-6-18)14-27-26(33)21-4-3-13-31(15-21)25-23-16-32(30-24(23)28-17-29-25)22-11-7-19(2)8-12-22;1-2;/h5-12,16-17,21H,3-4,13-15H2,1-2H3,(H,27,33);1-2H3;1H. The molecule has 1 unspecified atom stereocenters. The maximum absolute atomic E-state index is 12.9. The van der Waals surface area contributed by atoms with E-state index in [0.29, 0.717) is 18.7 Å². The maximum Gasteiger partial charge on any atom is 0.225 e. The molecule has 0 radical (unpaired) electrons. The Morgan fingerprint density at radius 3 is 2.43 bits per heavy atom. The van der Waals surface area contributed by atoms with Crippen molar-refractivity contribution in [1.29, 1.82) is 0 Å². The highest BCUT2D eigenvalue weighted by Gasteiger charge is 2.28. The number of carbonyl (C=O) groups is 1. The third-order valence-corrected chi connectivity index (χ3v) is 6.27. The lowest BCUT2D eigenvalue weighted by atomic mass is 9.97. The third-order valence-electron chi connectivity index (χ3n) is 6.27. The van der Waals surface area contributed by atoms with Gasteiger partial charge in [-0.05, 0) is 44.4 Å². The van der Waals surface area contributed by atoms with Crippen molar-refractivity contribution >= 4 is 22.8 Å². The summed E-state index contributed by atoms with van der Waals surface area (Å²) < 4.78 is 1.85. The van der Waals surface area contributed by atoms with Crippen molar-refractivity contribution in [2.24, 2.45) is 5.92 Å². The minimum atomic E-state index is -0.0682. The van der Waals surface area contributed by atoms with E-state index in [2.05, 4.69) is 75.5 Å². The van der Waals surface area contributed by atoms with E-state index in [1.165, 1.54) is 11.1 Å². The number of hydrogen-bond acceptors (Lipinski definition) is 5. The number of fused-ring (bicyclic) bond motifs is 1. The quantitative estimate of drug-likeness (QED) is 0.430. The first kappa shape index (κ1) is 24.4. The average molecular weight is 473 g/mol. The second-order valence-corrected chi connectivity index (χ2v) is 8.83. The van der Waals surface area contributed by atoms with Gasteiger partial charge in [0.15, 0.2) is 5.65 Å². The molecule has 5 rings (SSSR count). The number of anilines is 1. The van der Waals surface area contributed by atoms with Crippen molar-refractivity contribution in [3.63, 3.8) is 0 Å². The highest BCUT2D eigenvalue weighted by atomic mass is 16.1. The number of aromatic nitrogens is 4. The van der Waals surface area contributed by atoms with Gasteiger partial charge in [-0.25, -0.2) is 14.6 Å². The normalized spacial score (nSPS) is 15.4. The van der Waals surface area contributed by atoms with Gasteiger partial charge in [-0.2, -0.15) is 0 Å². The Kier molecular flexibility index (Phi) is 7.75. The summed E-state index contributed by atoms with van der Waals surface area (Å²) in [5.74, 6) is 0.872. The van der Waals surface area contributed by atoms with Crippen molar-refractivity contribution in [3.8, 4) is 5.69 Å². The molecule has 1 saturated heterocycles. The number of rotatable bonds is 5. The fourth-order valence-corrected chi connectivity index (χ4v) is 4.33. The molecular formula is C28H36N6O. The number of nitrogens with zero attached hydrogens (tertiary/aromatic N) is 5. The van der Waals surface area contributed by atoms with Gasteiger partial charge in [-0.15, -0.1) is 5.10 Å². The van der Waals surface area contributed by atoms with Gasteiger partial charge in [0.25, 0.3) is 0 Å². The zero-order chi connectivity index (χ0) is 24.8.